The quantitative estimate of drug-likeness (QED) is 0.127. The maximum absolute atomic E-state index is 4.93. The molecule has 0 bridgehead atoms. The molecule has 2 radical (unpaired) electrons. The van der Waals surface area contributed by atoms with Gasteiger partial charge in [-0.2, -0.15) is 12.1 Å². The Morgan fingerprint density at radius 1 is 0.675 bits per heavy atom. The van der Waals surface area contributed by atoms with E-state index in [0.29, 0.717) is 0 Å². The molecule has 2 heterocycles. The molecular weight excluding hydrogens is 663 g/mol. The van der Waals surface area contributed by atoms with Gasteiger partial charge in [-0.05, 0) is 51.0 Å². The molecule has 6 aromatic rings. The van der Waals surface area contributed by atoms with Crippen molar-refractivity contribution >= 4 is 70.8 Å². The Kier molecular flexibility index (Phi) is 14.1. The van der Waals surface area contributed by atoms with Crippen LogP contribution in [0, 0.1) is 13.8 Å². The molecule has 0 nitrogen and oxygen atoms in total. The van der Waals surface area contributed by atoms with Gasteiger partial charge in [0.2, 0.25) is 0 Å². The summed E-state index contributed by atoms with van der Waals surface area (Å²) < 4.78 is 0. The van der Waals surface area contributed by atoms with E-state index in [-0.39, 0.29) is 0 Å². The van der Waals surface area contributed by atoms with Crippen molar-refractivity contribution in [2.45, 2.75) is 53.6 Å². The molecule has 0 N–H and O–H groups in total. The van der Waals surface area contributed by atoms with E-state index in [1.54, 1.807) is 0 Å². The molecule has 0 spiro atoms. The Balaban J connectivity index is 0.000000185. The number of hydrogen-bond donors (Lipinski definition) is 0. The molecule has 6 heteroatoms. The fourth-order valence-corrected chi connectivity index (χ4v) is 6.40. The van der Waals surface area contributed by atoms with Gasteiger partial charge in [0, 0.05) is 29.0 Å². The average molecular weight is 699 g/mol. The second kappa shape index (κ2) is 17.0. The molecule has 0 fully saturated rings. The zero-order valence-corrected chi connectivity index (χ0v) is 30.7. The third kappa shape index (κ3) is 8.87. The molecule has 2 aromatic heterocycles. The summed E-state index contributed by atoms with van der Waals surface area (Å²) in [5.74, 6) is 0. The first-order valence-electron chi connectivity index (χ1n) is 13.4. The molecular formula is C34H36Cl2S2SiZr. The summed E-state index contributed by atoms with van der Waals surface area (Å²) in [4.78, 5) is 5.50. The molecule has 0 saturated heterocycles. The number of thiophene rings is 2. The van der Waals surface area contributed by atoms with Gasteiger partial charge in [0.25, 0.3) is 0 Å². The van der Waals surface area contributed by atoms with Crippen LogP contribution >= 0.6 is 39.7 Å². The summed E-state index contributed by atoms with van der Waals surface area (Å²) in [6, 6.07) is 31.3. The summed E-state index contributed by atoms with van der Waals surface area (Å²) in [6.45, 7) is 13.1. The van der Waals surface area contributed by atoms with Gasteiger partial charge in [-0.25, -0.2) is 0 Å². The van der Waals surface area contributed by atoms with Crippen molar-refractivity contribution in [3.05, 3.63) is 106 Å². The van der Waals surface area contributed by atoms with Gasteiger partial charge >= 0.3 is 37.9 Å². The van der Waals surface area contributed by atoms with Crippen molar-refractivity contribution < 1.29 is 20.8 Å². The second-order valence-electron chi connectivity index (χ2n) is 9.44. The Morgan fingerprint density at radius 3 is 1.35 bits per heavy atom. The van der Waals surface area contributed by atoms with Crippen molar-refractivity contribution in [3.63, 3.8) is 0 Å². The molecule has 0 unspecified atom stereocenters. The number of halogens is 2. The van der Waals surface area contributed by atoms with Gasteiger partial charge in [0.15, 0.2) is 0 Å². The Morgan fingerprint density at radius 2 is 1.05 bits per heavy atom. The predicted octanol–water partition coefficient (Wildman–Crippen LogP) is 12.5. The molecule has 206 valence electrons. The third-order valence-electron chi connectivity index (χ3n) is 6.45. The van der Waals surface area contributed by atoms with E-state index in [2.05, 4.69) is 126 Å². The molecule has 0 aliphatic carbocycles. The van der Waals surface area contributed by atoms with Gasteiger partial charge in [0.05, 0.1) is 0 Å². The van der Waals surface area contributed by atoms with Crippen LogP contribution in [0.4, 0.5) is 0 Å². The number of hydrogen-bond acceptors (Lipinski definition) is 2. The van der Waals surface area contributed by atoms with Crippen LogP contribution in [-0.2, 0) is 33.7 Å². The number of fused-ring (bicyclic) bond motifs is 2. The van der Waals surface area contributed by atoms with Crippen LogP contribution in [0.5, 0.6) is 0 Å². The van der Waals surface area contributed by atoms with Crippen LogP contribution in [0.1, 0.15) is 34.7 Å². The van der Waals surface area contributed by atoms with E-state index in [4.69, 9.17) is 17.0 Å². The summed E-state index contributed by atoms with van der Waals surface area (Å²) in [5, 5.41) is 5.52. The molecule has 0 atom stereocenters. The first-order valence-corrected chi connectivity index (χ1v) is 23.4. The fraction of sp³-hybridized carbons (Fsp3) is 0.235. The first kappa shape index (κ1) is 33.2. The van der Waals surface area contributed by atoms with E-state index in [9.17, 15) is 0 Å². The number of rotatable bonds is 4. The Labute approximate surface area is 269 Å². The van der Waals surface area contributed by atoms with Crippen LogP contribution in [0.25, 0.3) is 42.4 Å². The summed E-state index contributed by atoms with van der Waals surface area (Å²) in [6.07, 6.45) is 2.22. The molecule has 40 heavy (non-hydrogen) atoms. The van der Waals surface area contributed by atoms with Crippen LogP contribution in [0.3, 0.4) is 0 Å². The normalized spacial score (nSPS) is 10.2. The molecule has 4 aromatic carbocycles. The van der Waals surface area contributed by atoms with Crippen LogP contribution in [0.15, 0.2) is 84.9 Å². The fourth-order valence-electron chi connectivity index (χ4n) is 4.59. The first-order chi connectivity index (χ1) is 19.4. The average Bonchev–Trinajstić information content (AvgIpc) is 3.75. The van der Waals surface area contributed by atoms with E-state index in [0.717, 1.165) is 22.4 Å². The molecule has 6 rings (SSSR count). The molecule has 0 aliphatic rings. The number of aryl methyl sites for hydroxylation is 4. The van der Waals surface area contributed by atoms with Crippen molar-refractivity contribution in [1.29, 1.82) is 0 Å². The zero-order valence-electron chi connectivity index (χ0n) is 24.1. The SMILES string of the molecule is CCc1cc2c(-c3ccc(C)s3)cccc2[cH-]1.CCc1cc2c(-c3ccc(C)s3)cccc2[cH-]1.C[Si]C.[Cl][Zr+2][Cl]. The monoisotopic (exact) mass is 696 g/mol. The van der Waals surface area contributed by atoms with E-state index < -0.39 is 20.8 Å². The minimum absolute atomic E-state index is 0.826. The summed E-state index contributed by atoms with van der Waals surface area (Å²) >= 11 is 2.92. The van der Waals surface area contributed by atoms with Crippen LogP contribution < -0.4 is 0 Å². The van der Waals surface area contributed by atoms with Gasteiger partial charge < -0.3 is 0 Å². The van der Waals surface area contributed by atoms with E-state index >= 15 is 0 Å². The third-order valence-corrected chi connectivity index (χ3v) is 8.52. The topological polar surface area (TPSA) is 0 Å². The molecule has 0 amide bonds. The standard InChI is InChI=1S/2C16H15S.C2H6Si.2ClH.Zr/c2*1-3-12-9-13-5-4-6-14(15(13)10-12)16-8-7-11(2)17-16;1-3-2;;;/h2*4-10H,3H2,1-2H3;1-2H3;2*1H;/q2*-1;;;;+4/p-2. The molecule has 0 saturated carbocycles. The van der Waals surface area contributed by atoms with Gasteiger partial charge in [-0.15, -0.1) is 91.7 Å². The van der Waals surface area contributed by atoms with Crippen LogP contribution in [0.2, 0.25) is 13.1 Å². The van der Waals surface area contributed by atoms with E-state index in [1.807, 2.05) is 22.7 Å². The predicted molar refractivity (Wildman–Crippen MR) is 183 cm³/mol. The van der Waals surface area contributed by atoms with Crippen molar-refractivity contribution in [1.82, 2.24) is 0 Å². The van der Waals surface area contributed by atoms with Crippen LogP contribution in [-0.4, -0.2) is 9.52 Å². The zero-order chi connectivity index (χ0) is 29.1. The second-order valence-corrected chi connectivity index (χ2v) is 16.8. The molecule has 0 aliphatic heterocycles. The summed E-state index contributed by atoms with van der Waals surface area (Å²) in [7, 11) is 11.0. The van der Waals surface area contributed by atoms with Crippen molar-refractivity contribution in [2.75, 3.05) is 0 Å². The number of benzene rings is 2. The maximum atomic E-state index is 4.93. The van der Waals surface area contributed by atoms with Gasteiger partial charge in [0.1, 0.15) is 0 Å². The Hall–Kier alpha value is -1.26. The van der Waals surface area contributed by atoms with Gasteiger partial charge in [-0.1, -0.05) is 50.2 Å². The van der Waals surface area contributed by atoms with Crippen molar-refractivity contribution in [2.24, 2.45) is 0 Å². The summed E-state index contributed by atoms with van der Waals surface area (Å²) in [5.41, 5.74) is 5.61. The Bertz CT molecular complexity index is 1480. The van der Waals surface area contributed by atoms with Gasteiger partial charge in [-0.3, -0.25) is 0 Å². The van der Waals surface area contributed by atoms with Crippen molar-refractivity contribution in [3.8, 4) is 20.9 Å². The van der Waals surface area contributed by atoms with E-state index in [1.165, 1.54) is 63.3 Å². The minimum atomic E-state index is -0.826.